The van der Waals surface area contributed by atoms with E-state index >= 15 is 0 Å². The van der Waals surface area contributed by atoms with Gasteiger partial charge in [0.05, 0.1) is 12.6 Å². The highest BCUT2D eigenvalue weighted by Crippen LogP contribution is 2.20. The van der Waals surface area contributed by atoms with E-state index in [0.717, 1.165) is 5.56 Å². The molecule has 0 heterocycles. The molecule has 20 heavy (non-hydrogen) atoms. The first-order valence-corrected chi connectivity index (χ1v) is 6.01. The number of ether oxygens (including phenoxy) is 1. The fourth-order valence-corrected chi connectivity index (χ4v) is 1.54. The first-order valence-electron chi connectivity index (χ1n) is 6.01. The predicted molar refractivity (Wildman–Crippen MR) is 75.6 cm³/mol. The van der Waals surface area contributed by atoms with Crippen molar-refractivity contribution in [3.05, 3.63) is 29.3 Å². The van der Waals surface area contributed by atoms with E-state index in [1.807, 2.05) is 0 Å². The van der Waals surface area contributed by atoms with Crippen molar-refractivity contribution in [2.45, 2.75) is 25.9 Å². The van der Waals surface area contributed by atoms with Crippen molar-refractivity contribution < 1.29 is 14.7 Å². The van der Waals surface area contributed by atoms with Gasteiger partial charge in [-0.05, 0) is 32.0 Å². The molecule has 0 aliphatic carbocycles. The van der Waals surface area contributed by atoms with E-state index in [1.54, 1.807) is 39.2 Å². The molecule has 6 N–H and O–H groups in total. The normalized spacial score (nSPS) is 12.2. The van der Waals surface area contributed by atoms with Gasteiger partial charge in [0, 0.05) is 17.7 Å². The summed E-state index contributed by atoms with van der Waals surface area (Å²) in [4.78, 5) is 11.3. The molecule has 0 bridgehead atoms. The molecule has 7 heteroatoms. The number of nitrogens with zero attached hydrogens (tertiary/aromatic N) is 1. The number of amides is 1. The van der Waals surface area contributed by atoms with Crippen LogP contribution in [0.3, 0.4) is 0 Å². The van der Waals surface area contributed by atoms with Crippen molar-refractivity contribution in [1.29, 1.82) is 0 Å². The van der Waals surface area contributed by atoms with E-state index in [-0.39, 0.29) is 5.84 Å². The second kappa shape index (κ2) is 6.25. The Morgan fingerprint density at radius 3 is 2.60 bits per heavy atom. The zero-order valence-corrected chi connectivity index (χ0v) is 11.8. The largest absolute Gasteiger partial charge is 0.496 e. The van der Waals surface area contributed by atoms with Crippen LogP contribution < -0.4 is 21.5 Å². The molecule has 0 fully saturated rings. The number of oxime groups is 1. The summed E-state index contributed by atoms with van der Waals surface area (Å²) in [7, 11) is 1.54. The molecule has 0 aliphatic rings. The van der Waals surface area contributed by atoms with Gasteiger partial charge >= 0.3 is 0 Å². The number of primary amides is 1. The molecule has 0 saturated heterocycles. The molecule has 0 aliphatic heterocycles. The minimum atomic E-state index is -0.850. The first kappa shape index (κ1) is 15.8. The summed E-state index contributed by atoms with van der Waals surface area (Å²) in [5.41, 5.74) is 11.3. The summed E-state index contributed by atoms with van der Waals surface area (Å²) in [5, 5.41) is 14.7. The van der Waals surface area contributed by atoms with Crippen LogP contribution in [0.2, 0.25) is 0 Å². The maximum atomic E-state index is 11.3. The molecule has 0 saturated carbocycles. The van der Waals surface area contributed by atoms with Gasteiger partial charge in [0.1, 0.15) is 5.75 Å². The number of hydrogen-bond donors (Lipinski definition) is 4. The van der Waals surface area contributed by atoms with Gasteiger partial charge in [-0.2, -0.15) is 0 Å². The van der Waals surface area contributed by atoms with Crippen molar-refractivity contribution in [2.24, 2.45) is 16.6 Å². The minimum absolute atomic E-state index is 0.00284. The number of rotatable bonds is 6. The molecule has 1 aromatic carbocycles. The number of benzene rings is 1. The molecular formula is C13H20N4O3. The Balaban J connectivity index is 3.01. The van der Waals surface area contributed by atoms with Crippen molar-refractivity contribution in [1.82, 2.24) is 5.32 Å². The Hall–Kier alpha value is -2.28. The minimum Gasteiger partial charge on any atom is -0.496 e. The van der Waals surface area contributed by atoms with Crippen LogP contribution in [-0.4, -0.2) is 29.6 Å². The lowest BCUT2D eigenvalue weighted by atomic mass is 10.0. The number of nitrogens with one attached hydrogen (secondary N) is 1. The van der Waals surface area contributed by atoms with Crippen LogP contribution in [0.15, 0.2) is 23.4 Å². The molecule has 0 spiro atoms. The zero-order valence-electron chi connectivity index (χ0n) is 11.8. The lowest BCUT2D eigenvalue weighted by Gasteiger charge is -2.23. The number of carbonyl (C=O) groups excluding carboxylic acids is 1. The van der Waals surface area contributed by atoms with Gasteiger partial charge in [-0.15, -0.1) is 0 Å². The number of amidine groups is 1. The fourth-order valence-electron chi connectivity index (χ4n) is 1.54. The van der Waals surface area contributed by atoms with Gasteiger partial charge in [-0.3, -0.25) is 10.1 Å². The topological polar surface area (TPSA) is 123 Å². The standard InChI is InChI=1S/C13H20N4O3/c1-13(2,12(15)18)16-7-9-6-8(11(14)17-19)4-5-10(9)20-3/h4-6,16,19H,7H2,1-3H3,(H2,14,17)(H2,15,18). The molecule has 7 nitrogen and oxygen atoms in total. The van der Waals surface area contributed by atoms with E-state index < -0.39 is 11.4 Å². The van der Waals surface area contributed by atoms with Gasteiger partial charge < -0.3 is 21.4 Å². The van der Waals surface area contributed by atoms with E-state index in [4.69, 9.17) is 21.4 Å². The van der Waals surface area contributed by atoms with Crippen LogP contribution in [-0.2, 0) is 11.3 Å². The van der Waals surface area contributed by atoms with Crippen LogP contribution in [0.5, 0.6) is 5.75 Å². The Kier molecular flexibility index (Phi) is 4.93. The van der Waals surface area contributed by atoms with Crippen molar-refractivity contribution >= 4 is 11.7 Å². The smallest absolute Gasteiger partial charge is 0.237 e. The molecule has 0 aromatic heterocycles. The monoisotopic (exact) mass is 280 g/mol. The maximum absolute atomic E-state index is 11.3. The molecule has 110 valence electrons. The highest BCUT2D eigenvalue weighted by atomic mass is 16.5. The Labute approximate surface area is 117 Å². The second-order valence-corrected chi connectivity index (χ2v) is 4.85. The van der Waals surface area contributed by atoms with Gasteiger partial charge in [-0.1, -0.05) is 5.16 Å². The lowest BCUT2D eigenvalue weighted by molar-refractivity contribution is -0.123. The lowest BCUT2D eigenvalue weighted by Crippen LogP contribution is -2.50. The van der Waals surface area contributed by atoms with Crippen LogP contribution in [0.25, 0.3) is 0 Å². The fraction of sp³-hybridized carbons (Fsp3) is 0.385. The van der Waals surface area contributed by atoms with Gasteiger partial charge in [0.15, 0.2) is 5.84 Å². The van der Waals surface area contributed by atoms with Crippen LogP contribution in [0.1, 0.15) is 25.0 Å². The first-order chi connectivity index (χ1) is 9.31. The third kappa shape index (κ3) is 3.61. The zero-order chi connectivity index (χ0) is 15.3. The third-order valence-corrected chi connectivity index (χ3v) is 3.02. The van der Waals surface area contributed by atoms with Crippen molar-refractivity contribution in [3.63, 3.8) is 0 Å². The van der Waals surface area contributed by atoms with E-state index in [2.05, 4.69) is 10.5 Å². The Bertz CT molecular complexity index is 526. The Morgan fingerprint density at radius 2 is 2.10 bits per heavy atom. The molecule has 0 atom stereocenters. The molecule has 1 amide bonds. The predicted octanol–water partition coefficient (Wildman–Crippen LogP) is 0.143. The van der Waals surface area contributed by atoms with Crippen LogP contribution in [0, 0.1) is 0 Å². The average Bonchev–Trinajstić information content (AvgIpc) is 2.43. The van der Waals surface area contributed by atoms with Crippen molar-refractivity contribution in [2.75, 3.05) is 7.11 Å². The third-order valence-electron chi connectivity index (χ3n) is 3.02. The second-order valence-electron chi connectivity index (χ2n) is 4.85. The molecule has 0 radical (unpaired) electrons. The molecule has 1 aromatic rings. The SMILES string of the molecule is COc1ccc(/C(N)=N/O)cc1CNC(C)(C)C(N)=O. The van der Waals surface area contributed by atoms with Gasteiger partial charge in [-0.25, -0.2) is 0 Å². The summed E-state index contributed by atoms with van der Waals surface area (Å²) in [5.74, 6) is 0.180. The Morgan fingerprint density at radius 1 is 1.45 bits per heavy atom. The summed E-state index contributed by atoms with van der Waals surface area (Å²) in [6.07, 6.45) is 0. The van der Waals surface area contributed by atoms with E-state index in [9.17, 15) is 4.79 Å². The number of carbonyl (C=O) groups is 1. The summed E-state index contributed by atoms with van der Waals surface area (Å²) in [6, 6.07) is 5.11. The highest BCUT2D eigenvalue weighted by molar-refractivity contribution is 5.97. The summed E-state index contributed by atoms with van der Waals surface area (Å²) < 4.78 is 5.24. The van der Waals surface area contributed by atoms with E-state index in [1.165, 1.54) is 0 Å². The quantitative estimate of drug-likeness (QED) is 0.255. The van der Waals surface area contributed by atoms with Crippen LogP contribution in [0.4, 0.5) is 0 Å². The molecular weight excluding hydrogens is 260 g/mol. The highest BCUT2D eigenvalue weighted by Gasteiger charge is 2.24. The van der Waals surface area contributed by atoms with Crippen LogP contribution >= 0.6 is 0 Å². The number of methoxy groups -OCH3 is 1. The number of nitrogens with two attached hydrogens (primary N) is 2. The van der Waals surface area contributed by atoms with Gasteiger partial charge in [0.2, 0.25) is 5.91 Å². The maximum Gasteiger partial charge on any atom is 0.237 e. The van der Waals surface area contributed by atoms with E-state index in [0.29, 0.717) is 17.9 Å². The molecule has 0 unspecified atom stereocenters. The number of hydrogen-bond acceptors (Lipinski definition) is 5. The summed E-state index contributed by atoms with van der Waals surface area (Å²) in [6.45, 7) is 3.73. The van der Waals surface area contributed by atoms with Crippen molar-refractivity contribution in [3.8, 4) is 5.75 Å². The average molecular weight is 280 g/mol. The van der Waals surface area contributed by atoms with Gasteiger partial charge in [0.25, 0.3) is 0 Å². The summed E-state index contributed by atoms with van der Waals surface area (Å²) >= 11 is 0. The molecule has 1 rings (SSSR count).